The predicted molar refractivity (Wildman–Crippen MR) is 80.3 cm³/mol. The first-order chi connectivity index (χ1) is 9.86. The average Bonchev–Trinajstić information content (AvgIpc) is 2.46. The first-order valence-electron chi connectivity index (χ1n) is 8.12. The summed E-state index contributed by atoms with van der Waals surface area (Å²) in [6, 6.07) is 6.29. The van der Waals surface area contributed by atoms with Crippen LogP contribution in [0.25, 0.3) is 0 Å². The van der Waals surface area contributed by atoms with Crippen molar-refractivity contribution in [1.29, 1.82) is 0 Å². The minimum Gasteiger partial charge on any atom is -0.314 e. The zero-order valence-electron chi connectivity index (χ0n) is 12.5. The zero-order chi connectivity index (χ0) is 13.8. The Morgan fingerprint density at radius 2 is 2.10 bits per heavy atom. The van der Waals surface area contributed by atoms with Crippen molar-refractivity contribution in [3.63, 3.8) is 0 Å². The summed E-state index contributed by atoms with van der Waals surface area (Å²) in [6.45, 7) is 4.38. The molecule has 0 aliphatic carbocycles. The van der Waals surface area contributed by atoms with Crippen LogP contribution in [0.5, 0.6) is 0 Å². The Labute approximate surface area is 122 Å². The highest BCUT2D eigenvalue weighted by Crippen LogP contribution is 2.34. The molecule has 2 unspecified atom stereocenters. The van der Waals surface area contributed by atoms with Crippen molar-refractivity contribution in [2.75, 3.05) is 6.54 Å². The topological polar surface area (TPSA) is 41.0 Å². The predicted octanol–water partition coefficient (Wildman–Crippen LogP) is 2.36. The van der Waals surface area contributed by atoms with Crippen LogP contribution in [-0.2, 0) is 6.54 Å². The Morgan fingerprint density at radius 1 is 1.30 bits per heavy atom. The fraction of sp³-hybridized carbons (Fsp3) is 0.750. The molecule has 0 spiro atoms. The Kier molecular flexibility index (Phi) is 4.63. The lowest BCUT2D eigenvalue weighted by Gasteiger charge is -2.49. The van der Waals surface area contributed by atoms with E-state index in [1.54, 1.807) is 6.20 Å². The molecule has 2 bridgehead atoms. The number of nitrogens with one attached hydrogen (secondary N) is 1. The van der Waals surface area contributed by atoms with Gasteiger partial charge in [0.25, 0.3) is 0 Å². The standard InChI is InChI=1S/C16H26N4/c1-2-8-17-14-10-15-6-3-7-16(11-14)20(15)12-13-5-4-9-18-19-13/h4-5,9,14-17H,2-3,6-8,10-12H2,1H3. The smallest absolute Gasteiger partial charge is 0.0771 e. The van der Waals surface area contributed by atoms with Gasteiger partial charge in [-0.3, -0.25) is 4.90 Å². The fourth-order valence-electron chi connectivity index (χ4n) is 3.86. The third-order valence-electron chi connectivity index (χ3n) is 4.78. The van der Waals surface area contributed by atoms with Crippen LogP contribution in [0.2, 0.25) is 0 Å². The van der Waals surface area contributed by atoms with Crippen molar-refractivity contribution in [2.45, 2.75) is 70.1 Å². The second-order valence-electron chi connectivity index (χ2n) is 6.25. The molecule has 2 saturated heterocycles. The summed E-state index contributed by atoms with van der Waals surface area (Å²) in [5.74, 6) is 0. The molecule has 2 aliphatic rings. The van der Waals surface area contributed by atoms with Crippen LogP contribution in [0.15, 0.2) is 18.3 Å². The maximum Gasteiger partial charge on any atom is 0.0771 e. The lowest BCUT2D eigenvalue weighted by molar-refractivity contribution is 0.0166. The van der Waals surface area contributed by atoms with Crippen LogP contribution in [0, 0.1) is 0 Å². The quantitative estimate of drug-likeness (QED) is 0.895. The summed E-state index contributed by atoms with van der Waals surface area (Å²) in [7, 11) is 0. The molecule has 0 aromatic carbocycles. The largest absolute Gasteiger partial charge is 0.314 e. The molecular formula is C16H26N4. The van der Waals surface area contributed by atoms with Crippen LogP contribution in [0.3, 0.4) is 0 Å². The molecule has 2 aliphatic heterocycles. The van der Waals surface area contributed by atoms with Crippen LogP contribution in [0.4, 0.5) is 0 Å². The first kappa shape index (κ1) is 14.0. The monoisotopic (exact) mass is 274 g/mol. The van der Waals surface area contributed by atoms with Gasteiger partial charge in [-0.2, -0.15) is 10.2 Å². The maximum absolute atomic E-state index is 4.26. The van der Waals surface area contributed by atoms with Crippen LogP contribution >= 0.6 is 0 Å². The molecule has 1 aromatic heterocycles. The number of rotatable bonds is 5. The van der Waals surface area contributed by atoms with Gasteiger partial charge in [-0.25, -0.2) is 0 Å². The first-order valence-corrected chi connectivity index (χ1v) is 8.12. The highest BCUT2D eigenvalue weighted by atomic mass is 15.2. The van der Waals surface area contributed by atoms with Gasteiger partial charge in [0.15, 0.2) is 0 Å². The third-order valence-corrected chi connectivity index (χ3v) is 4.78. The number of piperidine rings is 2. The average molecular weight is 274 g/mol. The molecule has 3 heterocycles. The molecule has 2 fully saturated rings. The van der Waals surface area contributed by atoms with Gasteiger partial charge in [0, 0.05) is 30.9 Å². The van der Waals surface area contributed by atoms with Crippen molar-refractivity contribution in [3.8, 4) is 0 Å². The summed E-state index contributed by atoms with van der Waals surface area (Å²) >= 11 is 0. The highest BCUT2D eigenvalue weighted by molar-refractivity contribution is 5.03. The highest BCUT2D eigenvalue weighted by Gasteiger charge is 2.37. The Morgan fingerprint density at radius 3 is 2.75 bits per heavy atom. The SMILES string of the molecule is CCCNC1CC2CCCC(C1)N2Cc1cccnn1. The number of nitrogens with zero attached hydrogens (tertiary/aromatic N) is 3. The Bertz CT molecular complexity index is 394. The number of hydrogen-bond acceptors (Lipinski definition) is 4. The molecule has 20 heavy (non-hydrogen) atoms. The fourth-order valence-corrected chi connectivity index (χ4v) is 3.86. The second-order valence-corrected chi connectivity index (χ2v) is 6.25. The summed E-state index contributed by atoms with van der Waals surface area (Å²) in [5, 5.41) is 12.0. The molecule has 4 heteroatoms. The molecule has 4 nitrogen and oxygen atoms in total. The second kappa shape index (κ2) is 6.64. The minimum atomic E-state index is 0.725. The molecule has 110 valence electrons. The third kappa shape index (κ3) is 3.18. The molecular weight excluding hydrogens is 248 g/mol. The summed E-state index contributed by atoms with van der Waals surface area (Å²) in [5.41, 5.74) is 1.12. The van der Waals surface area contributed by atoms with Gasteiger partial charge >= 0.3 is 0 Å². The van der Waals surface area contributed by atoms with E-state index in [1.165, 1.54) is 38.5 Å². The van der Waals surface area contributed by atoms with Gasteiger partial charge in [0.05, 0.1) is 5.69 Å². The van der Waals surface area contributed by atoms with E-state index in [2.05, 4.69) is 33.4 Å². The molecule has 1 N–H and O–H groups in total. The van der Waals surface area contributed by atoms with Gasteiger partial charge in [-0.1, -0.05) is 13.3 Å². The maximum atomic E-state index is 4.26. The number of aromatic nitrogens is 2. The van der Waals surface area contributed by atoms with Gasteiger partial charge in [-0.15, -0.1) is 0 Å². The van der Waals surface area contributed by atoms with E-state index in [0.717, 1.165) is 36.9 Å². The van der Waals surface area contributed by atoms with Gasteiger partial charge in [-0.05, 0) is 50.8 Å². The van der Waals surface area contributed by atoms with E-state index in [-0.39, 0.29) is 0 Å². The van der Waals surface area contributed by atoms with E-state index in [9.17, 15) is 0 Å². The van der Waals surface area contributed by atoms with Crippen molar-refractivity contribution in [2.24, 2.45) is 0 Å². The van der Waals surface area contributed by atoms with Crippen LogP contribution < -0.4 is 5.32 Å². The lowest BCUT2D eigenvalue weighted by atomic mass is 9.81. The molecule has 0 amide bonds. The molecule has 3 rings (SSSR count). The molecule has 1 aromatic rings. The zero-order valence-corrected chi connectivity index (χ0v) is 12.5. The van der Waals surface area contributed by atoms with E-state index in [1.807, 2.05) is 6.07 Å². The number of fused-ring (bicyclic) bond motifs is 2. The van der Waals surface area contributed by atoms with E-state index >= 15 is 0 Å². The van der Waals surface area contributed by atoms with Crippen molar-refractivity contribution in [1.82, 2.24) is 20.4 Å². The normalized spacial score (nSPS) is 30.4. The van der Waals surface area contributed by atoms with Crippen molar-refractivity contribution in [3.05, 3.63) is 24.0 Å². The van der Waals surface area contributed by atoms with E-state index in [0.29, 0.717) is 0 Å². The minimum absolute atomic E-state index is 0.725. The van der Waals surface area contributed by atoms with Gasteiger partial charge in [0.1, 0.15) is 0 Å². The van der Waals surface area contributed by atoms with E-state index in [4.69, 9.17) is 0 Å². The Hall–Kier alpha value is -1.00. The van der Waals surface area contributed by atoms with Gasteiger partial charge < -0.3 is 5.32 Å². The summed E-state index contributed by atoms with van der Waals surface area (Å²) in [6.07, 6.45) is 9.68. The van der Waals surface area contributed by atoms with Crippen molar-refractivity contribution < 1.29 is 0 Å². The van der Waals surface area contributed by atoms with Gasteiger partial charge in [0.2, 0.25) is 0 Å². The van der Waals surface area contributed by atoms with Crippen LogP contribution in [0.1, 0.15) is 51.1 Å². The molecule has 0 saturated carbocycles. The Balaban J connectivity index is 1.64. The summed E-state index contributed by atoms with van der Waals surface area (Å²) in [4.78, 5) is 2.69. The van der Waals surface area contributed by atoms with Crippen LogP contribution in [-0.4, -0.2) is 39.8 Å². The lowest BCUT2D eigenvalue weighted by Crippen LogP contribution is -2.55. The number of hydrogen-bond donors (Lipinski definition) is 1. The van der Waals surface area contributed by atoms with Crippen molar-refractivity contribution >= 4 is 0 Å². The molecule has 2 atom stereocenters. The van der Waals surface area contributed by atoms with E-state index < -0.39 is 0 Å². The summed E-state index contributed by atoms with van der Waals surface area (Å²) < 4.78 is 0. The molecule has 0 radical (unpaired) electrons.